The van der Waals surface area contributed by atoms with Gasteiger partial charge in [0.2, 0.25) is 0 Å². The first-order valence-corrected chi connectivity index (χ1v) is 6.53. The number of hydrogen-bond acceptors (Lipinski definition) is 3. The van der Waals surface area contributed by atoms with E-state index in [0.717, 1.165) is 18.4 Å². The van der Waals surface area contributed by atoms with Gasteiger partial charge in [0.05, 0.1) is 11.2 Å². The van der Waals surface area contributed by atoms with Crippen LogP contribution in [0.2, 0.25) is 0 Å². The number of ether oxygens (including phenoxy) is 1. The van der Waals surface area contributed by atoms with E-state index in [0.29, 0.717) is 5.57 Å². The van der Waals surface area contributed by atoms with Crippen molar-refractivity contribution in [2.24, 2.45) is 11.8 Å². The van der Waals surface area contributed by atoms with E-state index in [-0.39, 0.29) is 17.8 Å². The van der Waals surface area contributed by atoms with Crippen molar-refractivity contribution in [2.75, 3.05) is 0 Å². The molecular formula is C15H22O3. The van der Waals surface area contributed by atoms with Gasteiger partial charge in [-0.1, -0.05) is 19.1 Å². The van der Waals surface area contributed by atoms with Crippen molar-refractivity contribution in [1.29, 1.82) is 0 Å². The van der Waals surface area contributed by atoms with Gasteiger partial charge < -0.3 is 9.84 Å². The molecule has 3 heteroatoms. The van der Waals surface area contributed by atoms with Gasteiger partial charge in [0, 0.05) is 11.8 Å². The highest BCUT2D eigenvalue weighted by Crippen LogP contribution is 2.51. The molecule has 3 atom stereocenters. The minimum absolute atomic E-state index is 0.163. The molecule has 0 aromatic heterocycles. The zero-order chi connectivity index (χ0) is 13.7. The molecule has 0 amide bonds. The molecule has 1 fully saturated rings. The van der Waals surface area contributed by atoms with E-state index in [9.17, 15) is 9.90 Å². The van der Waals surface area contributed by atoms with Crippen molar-refractivity contribution in [2.45, 2.75) is 51.7 Å². The predicted octanol–water partition coefficient (Wildman–Crippen LogP) is 2.60. The maximum Gasteiger partial charge on any atom is 0.337 e. The van der Waals surface area contributed by atoms with E-state index in [1.54, 1.807) is 13.8 Å². The SMILES string of the molecule is C=C(C)[C@@H]1CC[C@@H](C)C12C=C(C(C)(C)O)C(=O)O2. The lowest BCUT2D eigenvalue weighted by Crippen LogP contribution is -2.38. The summed E-state index contributed by atoms with van der Waals surface area (Å²) >= 11 is 0. The van der Waals surface area contributed by atoms with Gasteiger partial charge in [-0.15, -0.1) is 0 Å². The standard InChI is InChI=1S/C15H22O3/c1-9(2)11-7-6-10(3)15(11)8-12(13(16)18-15)14(4,5)17/h8,10-11,17H,1,6-7H2,2-5H3/t10-,11+,15?/m1/s1. The van der Waals surface area contributed by atoms with Crippen LogP contribution in [0, 0.1) is 11.8 Å². The van der Waals surface area contributed by atoms with Gasteiger partial charge in [-0.25, -0.2) is 4.79 Å². The van der Waals surface area contributed by atoms with E-state index in [2.05, 4.69) is 13.5 Å². The Labute approximate surface area is 109 Å². The smallest absolute Gasteiger partial charge is 0.337 e. The fraction of sp³-hybridized carbons (Fsp3) is 0.667. The molecule has 1 unspecified atom stereocenters. The number of rotatable bonds is 2. The summed E-state index contributed by atoms with van der Waals surface area (Å²) in [5.41, 5.74) is -0.316. The van der Waals surface area contributed by atoms with Crippen molar-refractivity contribution in [3.63, 3.8) is 0 Å². The molecule has 1 aliphatic heterocycles. The third-order valence-corrected chi connectivity index (χ3v) is 4.32. The zero-order valence-electron chi connectivity index (χ0n) is 11.6. The third kappa shape index (κ3) is 1.81. The van der Waals surface area contributed by atoms with Gasteiger partial charge in [0.25, 0.3) is 0 Å². The van der Waals surface area contributed by atoms with E-state index >= 15 is 0 Å². The van der Waals surface area contributed by atoms with Gasteiger partial charge in [-0.3, -0.25) is 0 Å². The second-order valence-electron chi connectivity index (χ2n) is 6.24. The van der Waals surface area contributed by atoms with Gasteiger partial charge in [0.1, 0.15) is 5.60 Å². The van der Waals surface area contributed by atoms with Gasteiger partial charge in [-0.05, 0) is 39.7 Å². The molecule has 0 bridgehead atoms. The molecule has 18 heavy (non-hydrogen) atoms. The Morgan fingerprint density at radius 3 is 2.61 bits per heavy atom. The zero-order valence-corrected chi connectivity index (χ0v) is 11.6. The van der Waals surface area contributed by atoms with Crippen LogP contribution in [0.4, 0.5) is 0 Å². The molecule has 1 saturated carbocycles. The topological polar surface area (TPSA) is 46.5 Å². The summed E-state index contributed by atoms with van der Waals surface area (Å²) in [6.45, 7) is 11.3. The number of esters is 1. The Balaban J connectivity index is 2.46. The molecule has 1 spiro atoms. The normalized spacial score (nSPS) is 35.8. The summed E-state index contributed by atoms with van der Waals surface area (Å²) < 4.78 is 5.68. The highest BCUT2D eigenvalue weighted by atomic mass is 16.6. The average Bonchev–Trinajstić information content (AvgIpc) is 2.70. The van der Waals surface area contributed by atoms with Crippen LogP contribution in [0.15, 0.2) is 23.8 Å². The lowest BCUT2D eigenvalue weighted by molar-refractivity contribution is -0.152. The van der Waals surface area contributed by atoms with Crippen molar-refractivity contribution < 1.29 is 14.6 Å². The molecule has 0 radical (unpaired) electrons. The molecule has 100 valence electrons. The van der Waals surface area contributed by atoms with Crippen LogP contribution < -0.4 is 0 Å². The lowest BCUT2D eigenvalue weighted by atomic mass is 9.80. The summed E-state index contributed by atoms with van der Waals surface area (Å²) in [6.07, 6.45) is 3.85. The molecule has 3 nitrogen and oxygen atoms in total. The molecule has 0 aromatic rings. The number of carbonyl (C=O) groups excluding carboxylic acids is 1. The minimum Gasteiger partial charge on any atom is -0.450 e. The third-order valence-electron chi connectivity index (χ3n) is 4.32. The van der Waals surface area contributed by atoms with Crippen LogP contribution in [-0.2, 0) is 9.53 Å². The van der Waals surface area contributed by atoms with Gasteiger partial charge in [-0.2, -0.15) is 0 Å². The quantitative estimate of drug-likeness (QED) is 0.605. The summed E-state index contributed by atoms with van der Waals surface area (Å²) in [6, 6.07) is 0. The van der Waals surface area contributed by atoms with Crippen LogP contribution >= 0.6 is 0 Å². The Kier molecular flexibility index (Phi) is 2.93. The number of carbonyl (C=O) groups is 1. The Morgan fingerprint density at radius 1 is 1.56 bits per heavy atom. The Morgan fingerprint density at radius 2 is 2.17 bits per heavy atom. The van der Waals surface area contributed by atoms with Gasteiger partial charge >= 0.3 is 5.97 Å². The van der Waals surface area contributed by atoms with Crippen molar-refractivity contribution in [1.82, 2.24) is 0 Å². The molecule has 2 aliphatic rings. The Hall–Kier alpha value is -1.09. The first-order valence-electron chi connectivity index (χ1n) is 6.53. The molecule has 1 N–H and O–H groups in total. The van der Waals surface area contributed by atoms with Crippen LogP contribution in [0.3, 0.4) is 0 Å². The highest BCUT2D eigenvalue weighted by molar-refractivity contribution is 5.93. The van der Waals surface area contributed by atoms with E-state index in [1.165, 1.54) is 0 Å². The highest BCUT2D eigenvalue weighted by Gasteiger charge is 2.55. The lowest BCUT2D eigenvalue weighted by Gasteiger charge is -2.32. The van der Waals surface area contributed by atoms with Crippen molar-refractivity contribution in [3.8, 4) is 0 Å². The van der Waals surface area contributed by atoms with E-state index in [1.807, 2.05) is 13.0 Å². The van der Waals surface area contributed by atoms with Crippen LogP contribution in [-0.4, -0.2) is 22.3 Å². The fourth-order valence-corrected chi connectivity index (χ4v) is 3.21. The number of hydrogen-bond donors (Lipinski definition) is 1. The van der Waals surface area contributed by atoms with E-state index < -0.39 is 11.2 Å². The molecule has 0 aromatic carbocycles. The first-order chi connectivity index (χ1) is 8.18. The Bertz CT molecular complexity index is 428. The van der Waals surface area contributed by atoms with Gasteiger partial charge in [0.15, 0.2) is 0 Å². The van der Waals surface area contributed by atoms with E-state index in [4.69, 9.17) is 4.74 Å². The minimum atomic E-state index is -1.15. The summed E-state index contributed by atoms with van der Waals surface area (Å²) in [7, 11) is 0. The molecule has 0 saturated heterocycles. The maximum absolute atomic E-state index is 12.0. The molecular weight excluding hydrogens is 228 g/mol. The van der Waals surface area contributed by atoms with Crippen molar-refractivity contribution in [3.05, 3.63) is 23.8 Å². The molecule has 1 heterocycles. The summed E-state index contributed by atoms with van der Waals surface area (Å²) in [5, 5.41) is 10.1. The van der Waals surface area contributed by atoms with Crippen molar-refractivity contribution >= 4 is 5.97 Å². The predicted molar refractivity (Wildman–Crippen MR) is 69.9 cm³/mol. The largest absolute Gasteiger partial charge is 0.450 e. The average molecular weight is 250 g/mol. The molecule has 1 aliphatic carbocycles. The van der Waals surface area contributed by atoms with Crippen LogP contribution in [0.1, 0.15) is 40.5 Å². The van der Waals surface area contributed by atoms with Crippen LogP contribution in [0.5, 0.6) is 0 Å². The monoisotopic (exact) mass is 250 g/mol. The summed E-state index contributed by atoms with van der Waals surface area (Å²) in [4.78, 5) is 12.0. The second-order valence-corrected chi connectivity index (χ2v) is 6.24. The summed E-state index contributed by atoms with van der Waals surface area (Å²) in [5.74, 6) is 0.0433. The van der Waals surface area contributed by atoms with Crippen LogP contribution in [0.25, 0.3) is 0 Å². The fourth-order valence-electron chi connectivity index (χ4n) is 3.21. The second kappa shape index (κ2) is 3.95. The maximum atomic E-state index is 12.0. The molecule has 2 rings (SSSR count). The first kappa shape index (κ1) is 13.3. The number of aliphatic hydroxyl groups is 1.